The lowest BCUT2D eigenvalue weighted by atomic mass is 10.1. The summed E-state index contributed by atoms with van der Waals surface area (Å²) in [6.07, 6.45) is 1.91. The molecule has 4 nitrogen and oxygen atoms in total. The van der Waals surface area contributed by atoms with Crippen LogP contribution in [0, 0.1) is 7.14 Å². The molecule has 0 heterocycles. The lowest BCUT2D eigenvalue weighted by Gasteiger charge is -2.07. The second-order valence-electron chi connectivity index (χ2n) is 4.47. The van der Waals surface area contributed by atoms with Gasteiger partial charge in [0.15, 0.2) is 0 Å². The number of benzene rings is 2. The lowest BCUT2D eigenvalue weighted by molar-refractivity contribution is -0.120. The quantitative estimate of drug-likeness (QED) is 0.373. The number of hydrogen-bond acceptors (Lipinski definition) is 3. The first kappa shape index (κ1) is 17.2. The molecule has 0 aliphatic heterocycles. The summed E-state index contributed by atoms with van der Waals surface area (Å²) in [7, 11) is 1.62. The molecule has 0 bridgehead atoms. The van der Waals surface area contributed by atoms with E-state index in [9.17, 15) is 4.79 Å². The average molecular weight is 520 g/mol. The van der Waals surface area contributed by atoms with Gasteiger partial charge in [0, 0.05) is 9.13 Å². The average Bonchev–Trinajstić information content (AvgIpc) is 2.48. The largest absolute Gasteiger partial charge is 0.495 e. The molecular weight excluding hydrogens is 506 g/mol. The fourth-order valence-corrected chi connectivity index (χ4v) is 4.00. The van der Waals surface area contributed by atoms with Crippen molar-refractivity contribution >= 4 is 57.3 Å². The number of hydrogen-bond donors (Lipinski definition) is 1. The van der Waals surface area contributed by atoms with Crippen molar-refractivity contribution in [3.05, 3.63) is 60.7 Å². The van der Waals surface area contributed by atoms with Crippen molar-refractivity contribution in [1.82, 2.24) is 5.43 Å². The van der Waals surface area contributed by atoms with Crippen LogP contribution >= 0.6 is 45.2 Å². The summed E-state index contributed by atoms with van der Waals surface area (Å²) >= 11 is 4.45. The van der Waals surface area contributed by atoms with E-state index >= 15 is 0 Å². The van der Waals surface area contributed by atoms with E-state index in [1.54, 1.807) is 13.3 Å². The molecular formula is C16H14I2N2O2. The minimum Gasteiger partial charge on any atom is -0.495 e. The molecule has 0 aliphatic rings. The Balaban J connectivity index is 2.02. The van der Waals surface area contributed by atoms with Crippen molar-refractivity contribution < 1.29 is 9.53 Å². The maximum atomic E-state index is 11.8. The number of carbonyl (C=O) groups is 1. The molecule has 0 unspecified atom stereocenters. The molecule has 0 saturated carbocycles. The standard InChI is InChI=1S/C16H14I2N2O2/c1-22-16-12(8-13(17)9-14(16)18)10-19-20-15(21)7-11-5-3-2-4-6-11/h2-6,8-10H,7H2,1H3,(H,20,21)/b19-10-. The number of amides is 1. The maximum Gasteiger partial charge on any atom is 0.244 e. The van der Waals surface area contributed by atoms with Gasteiger partial charge in [-0.05, 0) is 62.9 Å². The van der Waals surface area contributed by atoms with E-state index in [0.717, 1.165) is 24.0 Å². The highest BCUT2D eigenvalue weighted by Crippen LogP contribution is 2.26. The van der Waals surface area contributed by atoms with Gasteiger partial charge in [-0.3, -0.25) is 4.79 Å². The molecule has 1 N–H and O–H groups in total. The van der Waals surface area contributed by atoms with Gasteiger partial charge in [-0.25, -0.2) is 5.43 Å². The first-order valence-corrected chi connectivity index (χ1v) is 8.64. The molecule has 2 aromatic rings. The van der Waals surface area contributed by atoms with E-state index in [1.807, 2.05) is 42.5 Å². The number of nitrogens with zero attached hydrogens (tertiary/aromatic N) is 1. The second-order valence-corrected chi connectivity index (χ2v) is 6.87. The molecule has 0 radical (unpaired) electrons. The van der Waals surface area contributed by atoms with Crippen molar-refractivity contribution in [3.63, 3.8) is 0 Å². The lowest BCUT2D eigenvalue weighted by Crippen LogP contribution is -2.19. The summed E-state index contributed by atoms with van der Waals surface area (Å²) in [6.45, 7) is 0. The van der Waals surface area contributed by atoms with Gasteiger partial charge < -0.3 is 4.74 Å². The Labute approximate surface area is 156 Å². The molecule has 0 aromatic heterocycles. The minimum absolute atomic E-state index is 0.151. The molecule has 0 aliphatic carbocycles. The Morgan fingerprint density at radius 3 is 2.68 bits per heavy atom. The van der Waals surface area contributed by atoms with Gasteiger partial charge in [0.2, 0.25) is 5.91 Å². The highest BCUT2D eigenvalue weighted by molar-refractivity contribution is 14.1. The maximum absolute atomic E-state index is 11.8. The van der Waals surface area contributed by atoms with Crippen molar-refractivity contribution in [2.45, 2.75) is 6.42 Å². The van der Waals surface area contributed by atoms with Crippen molar-refractivity contribution in [1.29, 1.82) is 0 Å². The van der Waals surface area contributed by atoms with Crippen molar-refractivity contribution in [2.24, 2.45) is 5.10 Å². The van der Waals surface area contributed by atoms with E-state index in [-0.39, 0.29) is 5.91 Å². The third kappa shape index (κ3) is 4.94. The van der Waals surface area contributed by atoms with Gasteiger partial charge >= 0.3 is 0 Å². The summed E-state index contributed by atoms with van der Waals surface area (Å²) in [4.78, 5) is 11.8. The predicted molar refractivity (Wildman–Crippen MR) is 104 cm³/mol. The topological polar surface area (TPSA) is 50.7 Å². The minimum atomic E-state index is -0.151. The van der Waals surface area contributed by atoms with Crippen LogP contribution < -0.4 is 10.2 Å². The zero-order chi connectivity index (χ0) is 15.9. The first-order chi connectivity index (χ1) is 10.6. The third-order valence-corrected chi connectivity index (χ3v) is 4.27. The summed E-state index contributed by atoms with van der Waals surface area (Å²) in [5.41, 5.74) is 4.33. The molecule has 0 atom stereocenters. The van der Waals surface area contributed by atoms with Crippen LogP contribution in [-0.2, 0) is 11.2 Å². The Bertz CT molecular complexity index is 688. The number of carbonyl (C=O) groups excluding carboxylic acids is 1. The highest BCUT2D eigenvalue weighted by Gasteiger charge is 2.07. The van der Waals surface area contributed by atoms with Crippen LogP contribution in [0.5, 0.6) is 5.75 Å². The van der Waals surface area contributed by atoms with Gasteiger partial charge in [0.1, 0.15) is 5.75 Å². The molecule has 6 heteroatoms. The number of hydrazone groups is 1. The van der Waals surface area contributed by atoms with E-state index < -0.39 is 0 Å². The third-order valence-electron chi connectivity index (χ3n) is 2.84. The van der Waals surface area contributed by atoms with Crippen molar-refractivity contribution in [3.8, 4) is 5.75 Å². The van der Waals surface area contributed by atoms with Crippen LogP contribution in [0.2, 0.25) is 0 Å². The van der Waals surface area contributed by atoms with Crippen LogP contribution in [0.25, 0.3) is 0 Å². The van der Waals surface area contributed by atoms with E-state index in [0.29, 0.717) is 6.42 Å². The molecule has 1 amide bonds. The van der Waals surface area contributed by atoms with Gasteiger partial charge in [-0.15, -0.1) is 0 Å². The molecule has 2 rings (SSSR count). The summed E-state index contributed by atoms with van der Waals surface area (Å²) in [5.74, 6) is 0.601. The number of rotatable bonds is 5. The Kier molecular flexibility index (Phi) is 6.62. The molecule has 0 spiro atoms. The fraction of sp³-hybridized carbons (Fsp3) is 0.125. The SMILES string of the molecule is COc1c(I)cc(I)cc1/C=N\NC(=O)Cc1ccccc1. The Hall–Kier alpha value is -1.16. The van der Waals surface area contributed by atoms with Gasteiger partial charge in [-0.2, -0.15) is 5.10 Å². The monoisotopic (exact) mass is 520 g/mol. The zero-order valence-electron chi connectivity index (χ0n) is 11.8. The molecule has 0 fully saturated rings. The molecule has 0 saturated heterocycles. The number of methoxy groups -OCH3 is 1. The fourth-order valence-electron chi connectivity index (χ4n) is 1.89. The summed E-state index contributed by atoms with van der Waals surface area (Å²) < 4.78 is 7.46. The zero-order valence-corrected chi connectivity index (χ0v) is 16.2. The second kappa shape index (κ2) is 8.47. The number of nitrogens with one attached hydrogen (secondary N) is 1. The number of halogens is 2. The summed E-state index contributed by atoms with van der Waals surface area (Å²) in [6, 6.07) is 13.5. The van der Waals surface area contributed by atoms with Crippen LogP contribution in [-0.4, -0.2) is 19.2 Å². The number of ether oxygens (including phenoxy) is 1. The smallest absolute Gasteiger partial charge is 0.244 e. The Morgan fingerprint density at radius 1 is 1.27 bits per heavy atom. The normalized spacial score (nSPS) is 10.7. The van der Waals surface area contributed by atoms with Gasteiger partial charge in [0.25, 0.3) is 0 Å². The van der Waals surface area contributed by atoms with E-state index in [1.165, 1.54) is 0 Å². The molecule has 114 valence electrons. The van der Waals surface area contributed by atoms with Crippen LogP contribution in [0.15, 0.2) is 47.6 Å². The van der Waals surface area contributed by atoms with Crippen LogP contribution in [0.1, 0.15) is 11.1 Å². The van der Waals surface area contributed by atoms with E-state index in [2.05, 4.69) is 55.7 Å². The van der Waals surface area contributed by atoms with Crippen LogP contribution in [0.4, 0.5) is 0 Å². The summed E-state index contributed by atoms with van der Waals surface area (Å²) in [5, 5.41) is 4.02. The van der Waals surface area contributed by atoms with Gasteiger partial charge in [-0.1, -0.05) is 30.3 Å². The molecule has 2 aromatic carbocycles. The van der Waals surface area contributed by atoms with Crippen molar-refractivity contribution in [2.75, 3.05) is 7.11 Å². The van der Waals surface area contributed by atoms with Gasteiger partial charge in [0.05, 0.1) is 23.3 Å². The first-order valence-electron chi connectivity index (χ1n) is 6.49. The van der Waals surface area contributed by atoms with E-state index in [4.69, 9.17) is 4.74 Å². The Morgan fingerprint density at radius 2 is 2.00 bits per heavy atom. The highest BCUT2D eigenvalue weighted by atomic mass is 127. The molecule has 22 heavy (non-hydrogen) atoms. The van der Waals surface area contributed by atoms with Crippen LogP contribution in [0.3, 0.4) is 0 Å². The predicted octanol–water partition coefficient (Wildman–Crippen LogP) is 3.60.